The van der Waals surface area contributed by atoms with Crippen molar-refractivity contribution in [3.63, 3.8) is 0 Å². The highest BCUT2D eigenvalue weighted by Gasteiger charge is 2.20. The number of rotatable bonds is 6. The van der Waals surface area contributed by atoms with Gasteiger partial charge < -0.3 is 9.47 Å². The average Bonchev–Trinajstić information content (AvgIpc) is 2.07. The molecule has 0 aromatic rings. The molecular formula is C14H30O3. The monoisotopic (exact) mass is 246 g/mol. The summed E-state index contributed by atoms with van der Waals surface area (Å²) in [5, 5.41) is 0. The van der Waals surface area contributed by atoms with Crippen LogP contribution in [0.3, 0.4) is 0 Å². The zero-order valence-electron chi connectivity index (χ0n) is 11.6. The van der Waals surface area contributed by atoms with Gasteiger partial charge in [-0.3, -0.25) is 4.79 Å². The Morgan fingerprint density at radius 2 is 1.41 bits per heavy atom. The standard InChI is InChI=1S/C13H26O3.CH4/c1-12(2,3)10-16-8-7-15-9-11(14)13(4,5)6;/h7-10H2,1-6H3;1H4. The number of ketones is 1. The first kappa shape index (κ1) is 18.9. The van der Waals surface area contributed by atoms with E-state index in [2.05, 4.69) is 20.8 Å². The average molecular weight is 246 g/mol. The SMILES string of the molecule is C.CC(C)(C)COCCOCC(=O)C(C)(C)C. The minimum absolute atomic E-state index is 0. The van der Waals surface area contributed by atoms with Crippen molar-refractivity contribution < 1.29 is 14.3 Å². The zero-order valence-corrected chi connectivity index (χ0v) is 11.6. The van der Waals surface area contributed by atoms with Crippen molar-refractivity contribution in [2.24, 2.45) is 10.8 Å². The first-order valence-electron chi connectivity index (χ1n) is 5.82. The second-order valence-corrected chi connectivity index (χ2v) is 6.34. The van der Waals surface area contributed by atoms with E-state index < -0.39 is 0 Å². The molecule has 0 aliphatic carbocycles. The minimum Gasteiger partial charge on any atom is -0.379 e. The van der Waals surface area contributed by atoms with Gasteiger partial charge in [-0.1, -0.05) is 49.0 Å². The quantitative estimate of drug-likeness (QED) is 0.674. The van der Waals surface area contributed by atoms with Gasteiger partial charge in [-0.05, 0) is 5.41 Å². The molecule has 0 rings (SSSR count). The normalized spacial score (nSPS) is 12.1. The van der Waals surface area contributed by atoms with E-state index in [1.165, 1.54) is 0 Å². The summed E-state index contributed by atoms with van der Waals surface area (Å²) in [6, 6.07) is 0. The predicted octanol–water partition coefficient (Wildman–Crippen LogP) is 3.32. The predicted molar refractivity (Wildman–Crippen MR) is 72.3 cm³/mol. The maximum absolute atomic E-state index is 11.5. The lowest BCUT2D eigenvalue weighted by molar-refractivity contribution is -0.131. The molecule has 0 aliphatic rings. The molecule has 0 bridgehead atoms. The zero-order chi connectivity index (χ0) is 12.8. The summed E-state index contributed by atoms with van der Waals surface area (Å²) in [7, 11) is 0. The van der Waals surface area contributed by atoms with Crippen LogP contribution in [0.2, 0.25) is 0 Å². The van der Waals surface area contributed by atoms with Crippen LogP contribution in [0.5, 0.6) is 0 Å². The van der Waals surface area contributed by atoms with Gasteiger partial charge in [-0.2, -0.15) is 0 Å². The lowest BCUT2D eigenvalue weighted by atomic mass is 9.91. The van der Waals surface area contributed by atoms with Gasteiger partial charge in [0.1, 0.15) is 6.61 Å². The fraction of sp³-hybridized carbons (Fsp3) is 0.929. The Kier molecular flexibility index (Phi) is 8.72. The van der Waals surface area contributed by atoms with Gasteiger partial charge in [-0.25, -0.2) is 0 Å². The van der Waals surface area contributed by atoms with E-state index in [1.807, 2.05) is 20.8 Å². The molecule has 0 atom stereocenters. The Bertz CT molecular complexity index is 208. The van der Waals surface area contributed by atoms with Crippen LogP contribution in [0, 0.1) is 10.8 Å². The fourth-order valence-electron chi connectivity index (χ4n) is 0.878. The molecule has 104 valence electrons. The smallest absolute Gasteiger partial charge is 0.163 e. The van der Waals surface area contributed by atoms with E-state index in [9.17, 15) is 4.79 Å². The highest BCUT2D eigenvalue weighted by atomic mass is 16.5. The van der Waals surface area contributed by atoms with E-state index in [1.54, 1.807) is 0 Å². The van der Waals surface area contributed by atoms with Crippen LogP contribution < -0.4 is 0 Å². The van der Waals surface area contributed by atoms with Crippen LogP contribution in [-0.4, -0.2) is 32.2 Å². The maximum Gasteiger partial charge on any atom is 0.163 e. The number of hydrogen-bond donors (Lipinski definition) is 0. The van der Waals surface area contributed by atoms with Gasteiger partial charge in [0.25, 0.3) is 0 Å². The van der Waals surface area contributed by atoms with Crippen molar-refractivity contribution >= 4 is 5.78 Å². The maximum atomic E-state index is 11.5. The Balaban J connectivity index is 0. The molecule has 0 spiro atoms. The van der Waals surface area contributed by atoms with Gasteiger partial charge in [0, 0.05) is 5.41 Å². The molecule has 0 N–H and O–H groups in total. The molecular weight excluding hydrogens is 216 g/mol. The molecule has 17 heavy (non-hydrogen) atoms. The summed E-state index contributed by atoms with van der Waals surface area (Å²) in [4.78, 5) is 11.5. The molecule has 0 aromatic carbocycles. The van der Waals surface area contributed by atoms with Crippen LogP contribution in [0.15, 0.2) is 0 Å². The first-order valence-corrected chi connectivity index (χ1v) is 5.82. The topological polar surface area (TPSA) is 35.5 Å². The van der Waals surface area contributed by atoms with Crippen LogP contribution in [0.1, 0.15) is 49.0 Å². The van der Waals surface area contributed by atoms with E-state index >= 15 is 0 Å². The number of ether oxygens (including phenoxy) is 2. The molecule has 0 unspecified atom stereocenters. The van der Waals surface area contributed by atoms with Gasteiger partial charge in [-0.15, -0.1) is 0 Å². The lowest BCUT2D eigenvalue weighted by Gasteiger charge is -2.18. The second kappa shape index (κ2) is 7.83. The van der Waals surface area contributed by atoms with E-state index in [4.69, 9.17) is 9.47 Å². The summed E-state index contributed by atoms with van der Waals surface area (Å²) in [5.41, 5.74) is -0.131. The largest absolute Gasteiger partial charge is 0.379 e. The molecule has 0 aliphatic heterocycles. The van der Waals surface area contributed by atoms with E-state index in [0.29, 0.717) is 19.8 Å². The summed E-state index contributed by atoms with van der Waals surface area (Å²) in [6.07, 6.45) is 0. The lowest BCUT2D eigenvalue weighted by Crippen LogP contribution is -2.26. The van der Waals surface area contributed by atoms with Crippen LogP contribution in [0.25, 0.3) is 0 Å². The Hall–Kier alpha value is -0.410. The van der Waals surface area contributed by atoms with Crippen molar-refractivity contribution in [1.82, 2.24) is 0 Å². The summed E-state index contributed by atoms with van der Waals surface area (Å²) in [6.45, 7) is 14.0. The minimum atomic E-state index is -0.313. The Morgan fingerprint density at radius 3 is 1.82 bits per heavy atom. The molecule has 0 radical (unpaired) electrons. The van der Waals surface area contributed by atoms with Crippen LogP contribution in [-0.2, 0) is 14.3 Å². The molecule has 3 nitrogen and oxygen atoms in total. The third-order valence-corrected chi connectivity index (χ3v) is 1.98. The van der Waals surface area contributed by atoms with Crippen LogP contribution >= 0.6 is 0 Å². The van der Waals surface area contributed by atoms with Gasteiger partial charge in [0.2, 0.25) is 0 Å². The van der Waals surface area contributed by atoms with Crippen molar-refractivity contribution in [2.45, 2.75) is 49.0 Å². The van der Waals surface area contributed by atoms with E-state index in [0.717, 1.165) is 0 Å². The van der Waals surface area contributed by atoms with Gasteiger partial charge in [0.15, 0.2) is 5.78 Å². The van der Waals surface area contributed by atoms with Crippen molar-refractivity contribution in [3.05, 3.63) is 0 Å². The summed E-state index contributed by atoms with van der Waals surface area (Å²) in [5.74, 6) is 0.128. The third-order valence-electron chi connectivity index (χ3n) is 1.98. The Labute approximate surface area is 107 Å². The number of hydrogen-bond acceptors (Lipinski definition) is 3. The van der Waals surface area contributed by atoms with Crippen molar-refractivity contribution in [3.8, 4) is 0 Å². The molecule has 0 saturated carbocycles. The fourth-order valence-corrected chi connectivity index (χ4v) is 0.878. The summed E-state index contributed by atoms with van der Waals surface area (Å²) >= 11 is 0. The van der Waals surface area contributed by atoms with Gasteiger partial charge in [0.05, 0.1) is 19.8 Å². The van der Waals surface area contributed by atoms with Crippen molar-refractivity contribution in [2.75, 3.05) is 26.4 Å². The summed E-state index contributed by atoms with van der Waals surface area (Å²) < 4.78 is 10.7. The van der Waals surface area contributed by atoms with E-state index in [-0.39, 0.29) is 30.6 Å². The molecule has 0 aromatic heterocycles. The molecule has 0 fully saturated rings. The van der Waals surface area contributed by atoms with Gasteiger partial charge >= 0.3 is 0 Å². The highest BCUT2D eigenvalue weighted by molar-refractivity contribution is 5.84. The van der Waals surface area contributed by atoms with Crippen molar-refractivity contribution in [1.29, 1.82) is 0 Å². The third kappa shape index (κ3) is 11.8. The number of carbonyl (C=O) groups is 1. The highest BCUT2D eigenvalue weighted by Crippen LogP contribution is 2.14. The molecule has 0 saturated heterocycles. The molecule has 0 amide bonds. The molecule has 0 heterocycles. The van der Waals surface area contributed by atoms with Crippen LogP contribution in [0.4, 0.5) is 0 Å². The number of Topliss-reactive ketones (excluding diaryl/α,β-unsaturated/α-hetero) is 1. The molecule has 3 heteroatoms. The Morgan fingerprint density at radius 1 is 0.941 bits per heavy atom. The number of carbonyl (C=O) groups excluding carboxylic acids is 1. The first-order chi connectivity index (χ1) is 7.13. The second-order valence-electron chi connectivity index (χ2n) is 6.34.